The highest BCUT2D eigenvalue weighted by molar-refractivity contribution is 14.0. The van der Waals surface area contributed by atoms with Crippen LogP contribution >= 0.6 is 35.3 Å². The summed E-state index contributed by atoms with van der Waals surface area (Å²) in [6.45, 7) is 12.4. The Morgan fingerprint density at radius 1 is 1.39 bits per heavy atom. The fourth-order valence-electron chi connectivity index (χ4n) is 3.22. The molecule has 0 bridgehead atoms. The molecular formula is C21H31IN4OS. The summed E-state index contributed by atoms with van der Waals surface area (Å²) in [5, 5.41) is 6.73. The van der Waals surface area contributed by atoms with Crippen LogP contribution in [0.15, 0.2) is 34.6 Å². The number of nitrogens with zero attached hydrogens (tertiary/aromatic N) is 3. The van der Waals surface area contributed by atoms with Gasteiger partial charge in [-0.3, -0.25) is 0 Å². The van der Waals surface area contributed by atoms with Crippen molar-refractivity contribution in [2.24, 2.45) is 4.99 Å². The van der Waals surface area contributed by atoms with Crippen LogP contribution in [0.25, 0.3) is 0 Å². The molecule has 1 unspecified atom stereocenters. The summed E-state index contributed by atoms with van der Waals surface area (Å²) in [5.74, 6) is 1.41. The number of rotatable bonds is 5. The Morgan fingerprint density at radius 3 is 2.86 bits per heavy atom. The first-order valence-corrected chi connectivity index (χ1v) is 10.6. The van der Waals surface area contributed by atoms with E-state index in [9.17, 15) is 0 Å². The number of ether oxygens (including phenoxy) is 1. The van der Waals surface area contributed by atoms with Gasteiger partial charge >= 0.3 is 0 Å². The van der Waals surface area contributed by atoms with Gasteiger partial charge in [0.15, 0.2) is 5.96 Å². The zero-order chi connectivity index (χ0) is 19.2. The summed E-state index contributed by atoms with van der Waals surface area (Å²) >= 11 is 1.72. The lowest BCUT2D eigenvalue weighted by atomic mass is 10.0. The monoisotopic (exact) mass is 514 g/mol. The summed E-state index contributed by atoms with van der Waals surface area (Å²) in [6, 6.07) is 8.46. The molecule has 0 spiro atoms. The van der Waals surface area contributed by atoms with E-state index in [-0.39, 0.29) is 30.1 Å². The molecule has 1 atom stereocenters. The van der Waals surface area contributed by atoms with E-state index >= 15 is 0 Å². The number of aryl methyl sites for hydroxylation is 1. The predicted octanol–water partition coefficient (Wildman–Crippen LogP) is 4.73. The van der Waals surface area contributed by atoms with Gasteiger partial charge in [0.1, 0.15) is 6.10 Å². The van der Waals surface area contributed by atoms with E-state index in [0.29, 0.717) is 19.1 Å². The molecular weight excluding hydrogens is 483 g/mol. The summed E-state index contributed by atoms with van der Waals surface area (Å²) in [5.41, 5.74) is 3.58. The smallest absolute Gasteiger partial charge is 0.194 e. The fourth-order valence-corrected chi connectivity index (χ4v) is 4.05. The third kappa shape index (κ3) is 5.90. The minimum Gasteiger partial charge on any atom is -0.370 e. The molecule has 0 saturated carbocycles. The maximum Gasteiger partial charge on any atom is 0.194 e. The van der Waals surface area contributed by atoms with Crippen molar-refractivity contribution in [1.82, 2.24) is 15.2 Å². The molecule has 1 N–H and O–H groups in total. The lowest BCUT2D eigenvalue weighted by Crippen LogP contribution is -2.48. The van der Waals surface area contributed by atoms with E-state index in [4.69, 9.17) is 14.7 Å². The minimum absolute atomic E-state index is 0. The topological polar surface area (TPSA) is 49.8 Å². The number of guanidine groups is 1. The number of halogens is 1. The van der Waals surface area contributed by atoms with Crippen LogP contribution in [0.5, 0.6) is 0 Å². The van der Waals surface area contributed by atoms with Crippen molar-refractivity contribution in [2.75, 3.05) is 26.2 Å². The summed E-state index contributed by atoms with van der Waals surface area (Å²) in [6.07, 6.45) is 0.0793. The molecule has 1 fully saturated rings. The molecule has 1 aromatic carbocycles. The van der Waals surface area contributed by atoms with Crippen LogP contribution in [0.3, 0.4) is 0 Å². The highest BCUT2D eigenvalue weighted by Crippen LogP contribution is 2.25. The van der Waals surface area contributed by atoms with Crippen molar-refractivity contribution in [1.29, 1.82) is 0 Å². The van der Waals surface area contributed by atoms with E-state index in [0.717, 1.165) is 31.3 Å². The van der Waals surface area contributed by atoms with Gasteiger partial charge in [-0.2, -0.15) is 0 Å². The van der Waals surface area contributed by atoms with Gasteiger partial charge in [0, 0.05) is 24.4 Å². The lowest BCUT2D eigenvalue weighted by Gasteiger charge is -2.35. The maximum atomic E-state index is 6.06. The van der Waals surface area contributed by atoms with Gasteiger partial charge in [-0.05, 0) is 25.0 Å². The maximum absolute atomic E-state index is 6.06. The molecule has 0 amide bonds. The van der Waals surface area contributed by atoms with Crippen molar-refractivity contribution in [3.63, 3.8) is 0 Å². The quantitative estimate of drug-likeness (QED) is 0.356. The molecule has 1 aromatic heterocycles. The molecule has 2 heterocycles. The average Bonchev–Trinajstić information content (AvgIpc) is 3.15. The lowest BCUT2D eigenvalue weighted by molar-refractivity contribution is -0.00834. The first-order chi connectivity index (χ1) is 13.1. The Labute approximate surface area is 189 Å². The Hall–Kier alpha value is -1.19. The van der Waals surface area contributed by atoms with E-state index in [1.165, 1.54) is 16.1 Å². The van der Waals surface area contributed by atoms with Crippen LogP contribution in [-0.4, -0.2) is 42.1 Å². The normalized spacial score (nSPS) is 17.5. The van der Waals surface area contributed by atoms with Crippen molar-refractivity contribution < 1.29 is 4.74 Å². The summed E-state index contributed by atoms with van der Waals surface area (Å²) in [4.78, 5) is 11.9. The molecule has 28 heavy (non-hydrogen) atoms. The van der Waals surface area contributed by atoms with Crippen molar-refractivity contribution in [3.8, 4) is 0 Å². The van der Waals surface area contributed by atoms with Crippen LogP contribution in [0.4, 0.5) is 0 Å². The predicted molar refractivity (Wildman–Crippen MR) is 128 cm³/mol. The van der Waals surface area contributed by atoms with Gasteiger partial charge in [0.2, 0.25) is 0 Å². The Morgan fingerprint density at radius 2 is 2.18 bits per heavy atom. The van der Waals surface area contributed by atoms with Gasteiger partial charge in [0.05, 0.1) is 30.4 Å². The highest BCUT2D eigenvalue weighted by Gasteiger charge is 2.25. The molecule has 5 nitrogen and oxygen atoms in total. The fraction of sp³-hybridized carbons (Fsp3) is 0.524. The molecule has 1 aliphatic heterocycles. The minimum atomic E-state index is 0. The second-order valence-electron chi connectivity index (χ2n) is 7.16. The number of morpholine rings is 1. The number of nitrogens with one attached hydrogen (secondary N) is 1. The number of hydrogen-bond acceptors (Lipinski definition) is 4. The largest absolute Gasteiger partial charge is 0.370 e. The van der Waals surface area contributed by atoms with Crippen LogP contribution in [-0.2, 0) is 11.3 Å². The van der Waals surface area contributed by atoms with Crippen LogP contribution in [0, 0.1) is 6.92 Å². The summed E-state index contributed by atoms with van der Waals surface area (Å²) in [7, 11) is 0. The third-order valence-electron chi connectivity index (χ3n) is 4.69. The number of aliphatic imine (C=N–C) groups is 1. The van der Waals surface area contributed by atoms with Gasteiger partial charge in [-0.1, -0.05) is 38.1 Å². The number of thiazole rings is 1. The number of hydrogen-bond donors (Lipinski definition) is 1. The van der Waals surface area contributed by atoms with Crippen molar-refractivity contribution in [3.05, 3.63) is 51.5 Å². The molecule has 1 saturated heterocycles. The second-order valence-corrected chi connectivity index (χ2v) is 8.05. The van der Waals surface area contributed by atoms with Crippen molar-refractivity contribution >= 4 is 41.3 Å². The average molecular weight is 514 g/mol. The molecule has 2 aromatic rings. The van der Waals surface area contributed by atoms with Crippen LogP contribution in [0.2, 0.25) is 0 Å². The highest BCUT2D eigenvalue weighted by atomic mass is 127. The molecule has 7 heteroatoms. The number of aromatic nitrogens is 1. The molecule has 1 aliphatic rings. The van der Waals surface area contributed by atoms with Gasteiger partial charge < -0.3 is 15.0 Å². The number of benzene rings is 1. The zero-order valence-electron chi connectivity index (χ0n) is 17.1. The molecule has 154 valence electrons. The first kappa shape index (κ1) is 23.1. The van der Waals surface area contributed by atoms with Crippen LogP contribution < -0.4 is 5.32 Å². The van der Waals surface area contributed by atoms with Gasteiger partial charge in [0.25, 0.3) is 0 Å². The third-order valence-corrected chi connectivity index (χ3v) is 5.88. The van der Waals surface area contributed by atoms with E-state index in [1.54, 1.807) is 11.3 Å². The Bertz CT molecular complexity index is 777. The SMILES string of the molecule is CCNC(=NCc1csc(C(C)C)n1)N1CCOC(c2ccccc2C)C1.I. The second kappa shape index (κ2) is 11.1. The Kier molecular flexibility index (Phi) is 9.17. The van der Waals surface area contributed by atoms with Crippen molar-refractivity contribution in [2.45, 2.75) is 46.3 Å². The van der Waals surface area contributed by atoms with E-state index in [2.05, 4.69) is 67.6 Å². The van der Waals surface area contributed by atoms with Crippen LogP contribution in [0.1, 0.15) is 54.6 Å². The molecule has 0 aliphatic carbocycles. The van der Waals surface area contributed by atoms with Gasteiger partial charge in [-0.15, -0.1) is 35.3 Å². The van der Waals surface area contributed by atoms with E-state index < -0.39 is 0 Å². The molecule has 0 radical (unpaired) electrons. The Balaban J connectivity index is 0.00000280. The first-order valence-electron chi connectivity index (χ1n) is 9.73. The van der Waals surface area contributed by atoms with Gasteiger partial charge in [-0.25, -0.2) is 9.98 Å². The van der Waals surface area contributed by atoms with E-state index in [1.807, 2.05) is 0 Å². The molecule has 3 rings (SSSR count). The standard InChI is InChI=1S/C21H30N4OS.HI/c1-5-22-21(23-12-17-14-27-20(24-17)15(2)3)25-10-11-26-19(13-25)18-9-7-6-8-16(18)4;/h6-9,14-15,19H,5,10-13H2,1-4H3,(H,22,23);1H. The zero-order valence-corrected chi connectivity index (χ0v) is 20.3. The summed E-state index contributed by atoms with van der Waals surface area (Å²) < 4.78 is 6.06.